The van der Waals surface area contributed by atoms with Crippen molar-refractivity contribution < 1.29 is 4.74 Å². The number of thiazole rings is 1. The number of hydrogen-bond donors (Lipinski definition) is 1. The van der Waals surface area contributed by atoms with E-state index in [1.54, 1.807) is 18.4 Å². The topological polar surface area (TPSA) is 37.4 Å². The molecule has 0 aliphatic heterocycles. The van der Waals surface area contributed by atoms with Crippen molar-refractivity contribution in [1.29, 1.82) is 0 Å². The first-order valence-corrected chi connectivity index (χ1v) is 8.14. The molecule has 6 heteroatoms. The summed E-state index contributed by atoms with van der Waals surface area (Å²) in [6.45, 7) is 6.92. The van der Waals surface area contributed by atoms with Crippen molar-refractivity contribution in [2.24, 2.45) is 0 Å². The SMILES string of the molecule is CCN(CC)c1ncc(CNc2cc(OC)ccc2Cl)s1. The molecule has 0 radical (unpaired) electrons. The Labute approximate surface area is 134 Å². The van der Waals surface area contributed by atoms with Gasteiger partial charge in [0.05, 0.1) is 24.4 Å². The van der Waals surface area contributed by atoms with E-state index in [9.17, 15) is 0 Å². The van der Waals surface area contributed by atoms with Gasteiger partial charge in [0.25, 0.3) is 0 Å². The van der Waals surface area contributed by atoms with Crippen LogP contribution in [0, 0.1) is 0 Å². The van der Waals surface area contributed by atoms with Crippen LogP contribution in [0.2, 0.25) is 5.02 Å². The van der Waals surface area contributed by atoms with Crippen LogP contribution in [0.4, 0.5) is 10.8 Å². The van der Waals surface area contributed by atoms with Crippen LogP contribution in [0.15, 0.2) is 24.4 Å². The first-order valence-electron chi connectivity index (χ1n) is 6.95. The van der Waals surface area contributed by atoms with Gasteiger partial charge in [-0.25, -0.2) is 4.98 Å². The zero-order chi connectivity index (χ0) is 15.2. The maximum atomic E-state index is 6.18. The largest absolute Gasteiger partial charge is 0.497 e. The van der Waals surface area contributed by atoms with Gasteiger partial charge in [-0.1, -0.05) is 11.6 Å². The van der Waals surface area contributed by atoms with E-state index in [1.165, 1.54) is 4.88 Å². The molecule has 1 heterocycles. The lowest BCUT2D eigenvalue weighted by atomic mass is 10.3. The third kappa shape index (κ3) is 4.02. The number of nitrogens with one attached hydrogen (secondary N) is 1. The third-order valence-corrected chi connectivity index (χ3v) is 4.59. The van der Waals surface area contributed by atoms with Crippen molar-refractivity contribution in [3.05, 3.63) is 34.3 Å². The Morgan fingerprint density at radius 1 is 1.33 bits per heavy atom. The maximum Gasteiger partial charge on any atom is 0.185 e. The van der Waals surface area contributed by atoms with Gasteiger partial charge < -0.3 is 15.0 Å². The predicted molar refractivity (Wildman–Crippen MR) is 91.0 cm³/mol. The molecule has 1 aromatic heterocycles. The molecule has 0 saturated heterocycles. The highest BCUT2D eigenvalue weighted by atomic mass is 35.5. The molecule has 0 bridgehead atoms. The predicted octanol–water partition coefficient (Wildman–Crippen LogP) is 4.26. The Kier molecular flexibility index (Phi) is 5.70. The Morgan fingerprint density at radius 3 is 2.76 bits per heavy atom. The molecule has 0 aliphatic carbocycles. The molecule has 0 saturated carbocycles. The van der Waals surface area contributed by atoms with Gasteiger partial charge in [0.15, 0.2) is 5.13 Å². The van der Waals surface area contributed by atoms with Gasteiger partial charge in [-0.05, 0) is 26.0 Å². The van der Waals surface area contributed by atoms with Crippen LogP contribution in [0.5, 0.6) is 5.75 Å². The zero-order valence-corrected chi connectivity index (χ0v) is 14.1. The van der Waals surface area contributed by atoms with Crippen molar-refractivity contribution in [1.82, 2.24) is 4.98 Å². The lowest BCUT2D eigenvalue weighted by Crippen LogP contribution is -2.21. The smallest absolute Gasteiger partial charge is 0.185 e. The minimum atomic E-state index is 0.685. The van der Waals surface area contributed by atoms with Gasteiger partial charge >= 0.3 is 0 Å². The number of nitrogens with zero attached hydrogens (tertiary/aromatic N) is 2. The van der Waals surface area contributed by atoms with Gasteiger partial charge in [0.1, 0.15) is 5.75 Å². The van der Waals surface area contributed by atoms with E-state index < -0.39 is 0 Å². The maximum absolute atomic E-state index is 6.18. The Balaban J connectivity index is 2.03. The van der Waals surface area contributed by atoms with E-state index in [4.69, 9.17) is 16.3 Å². The van der Waals surface area contributed by atoms with Crippen LogP contribution < -0.4 is 15.0 Å². The number of benzene rings is 1. The van der Waals surface area contributed by atoms with Crippen LogP contribution in [0.25, 0.3) is 0 Å². The molecule has 21 heavy (non-hydrogen) atoms. The average molecular weight is 326 g/mol. The molecule has 4 nitrogen and oxygen atoms in total. The summed E-state index contributed by atoms with van der Waals surface area (Å²) >= 11 is 7.88. The molecule has 0 aliphatic rings. The number of anilines is 2. The van der Waals surface area contributed by atoms with E-state index in [2.05, 4.69) is 29.0 Å². The van der Waals surface area contributed by atoms with Crippen LogP contribution in [-0.4, -0.2) is 25.2 Å². The monoisotopic (exact) mass is 325 g/mol. The molecule has 0 atom stereocenters. The highest BCUT2D eigenvalue weighted by molar-refractivity contribution is 7.15. The second kappa shape index (κ2) is 7.52. The summed E-state index contributed by atoms with van der Waals surface area (Å²) < 4.78 is 5.21. The minimum absolute atomic E-state index is 0.685. The van der Waals surface area contributed by atoms with Crippen molar-refractivity contribution in [2.75, 3.05) is 30.4 Å². The highest BCUT2D eigenvalue weighted by Gasteiger charge is 2.08. The first-order chi connectivity index (χ1) is 10.2. The lowest BCUT2D eigenvalue weighted by Gasteiger charge is -2.16. The van der Waals surface area contributed by atoms with Crippen molar-refractivity contribution in [3.63, 3.8) is 0 Å². The van der Waals surface area contributed by atoms with Gasteiger partial charge in [-0.3, -0.25) is 0 Å². The minimum Gasteiger partial charge on any atom is -0.497 e. The molecule has 0 fully saturated rings. The molecule has 114 valence electrons. The molecule has 1 aromatic carbocycles. The van der Waals surface area contributed by atoms with Crippen molar-refractivity contribution in [3.8, 4) is 5.75 Å². The quantitative estimate of drug-likeness (QED) is 0.825. The number of halogens is 1. The molecular formula is C15H20ClN3OS. The fraction of sp³-hybridized carbons (Fsp3) is 0.400. The molecule has 2 aromatic rings. The van der Waals surface area contributed by atoms with Crippen LogP contribution in [-0.2, 0) is 6.54 Å². The molecular weight excluding hydrogens is 306 g/mol. The van der Waals surface area contributed by atoms with Crippen LogP contribution >= 0.6 is 22.9 Å². The summed E-state index contributed by atoms with van der Waals surface area (Å²) in [4.78, 5) is 7.89. The highest BCUT2D eigenvalue weighted by Crippen LogP contribution is 2.28. The Bertz CT molecular complexity index is 584. The van der Waals surface area contributed by atoms with E-state index in [0.717, 1.165) is 29.7 Å². The second-order valence-corrected chi connectivity index (χ2v) is 5.98. The van der Waals surface area contributed by atoms with E-state index in [1.807, 2.05) is 24.4 Å². The van der Waals surface area contributed by atoms with Gasteiger partial charge in [0.2, 0.25) is 0 Å². The van der Waals surface area contributed by atoms with Crippen LogP contribution in [0.1, 0.15) is 18.7 Å². The summed E-state index contributed by atoms with van der Waals surface area (Å²) in [6, 6.07) is 5.57. The van der Waals surface area contributed by atoms with Gasteiger partial charge in [0, 0.05) is 30.2 Å². The summed E-state index contributed by atoms with van der Waals surface area (Å²) in [5.74, 6) is 0.787. The molecule has 0 spiro atoms. The Morgan fingerprint density at radius 2 is 2.10 bits per heavy atom. The fourth-order valence-corrected chi connectivity index (χ4v) is 3.13. The van der Waals surface area contributed by atoms with Crippen molar-refractivity contribution >= 4 is 33.8 Å². The van der Waals surface area contributed by atoms with E-state index >= 15 is 0 Å². The summed E-state index contributed by atoms with van der Waals surface area (Å²) in [5, 5.41) is 5.08. The number of aromatic nitrogens is 1. The number of methoxy groups -OCH3 is 1. The summed E-state index contributed by atoms with van der Waals surface area (Å²) in [6.07, 6.45) is 1.92. The molecule has 0 amide bonds. The van der Waals surface area contributed by atoms with Crippen LogP contribution in [0.3, 0.4) is 0 Å². The molecule has 1 N–H and O–H groups in total. The second-order valence-electron chi connectivity index (χ2n) is 4.48. The normalized spacial score (nSPS) is 10.5. The third-order valence-electron chi connectivity index (χ3n) is 3.20. The fourth-order valence-electron chi connectivity index (χ4n) is 1.97. The summed E-state index contributed by atoms with van der Waals surface area (Å²) in [5.41, 5.74) is 0.869. The average Bonchev–Trinajstić information content (AvgIpc) is 2.96. The standard InChI is InChI=1S/C15H20ClN3OS/c1-4-19(5-2)15-18-10-12(21-15)9-17-14-8-11(20-3)6-7-13(14)16/h6-8,10,17H,4-5,9H2,1-3H3. The number of ether oxygens (including phenoxy) is 1. The molecule has 2 rings (SSSR count). The molecule has 0 unspecified atom stereocenters. The van der Waals surface area contributed by atoms with E-state index in [-0.39, 0.29) is 0 Å². The van der Waals surface area contributed by atoms with E-state index in [0.29, 0.717) is 11.6 Å². The first kappa shape index (κ1) is 15.9. The Hall–Kier alpha value is -1.46. The lowest BCUT2D eigenvalue weighted by molar-refractivity contribution is 0.415. The van der Waals surface area contributed by atoms with Gasteiger partial charge in [-0.2, -0.15) is 0 Å². The van der Waals surface area contributed by atoms with Gasteiger partial charge in [-0.15, -0.1) is 11.3 Å². The number of hydrogen-bond acceptors (Lipinski definition) is 5. The summed E-state index contributed by atoms with van der Waals surface area (Å²) in [7, 11) is 1.65. The van der Waals surface area contributed by atoms with Crippen molar-refractivity contribution in [2.45, 2.75) is 20.4 Å². The number of rotatable bonds is 7. The zero-order valence-electron chi connectivity index (χ0n) is 12.5.